The largest absolute Gasteiger partial charge is 0.491 e. The number of ether oxygens (including phenoxy) is 3. The van der Waals surface area contributed by atoms with Gasteiger partial charge in [0.25, 0.3) is 0 Å². The van der Waals surface area contributed by atoms with Crippen LogP contribution in [-0.4, -0.2) is 25.4 Å². The second kappa shape index (κ2) is 8.77. The van der Waals surface area contributed by atoms with Crippen molar-refractivity contribution in [3.63, 3.8) is 0 Å². The fraction of sp³-hybridized carbons (Fsp3) is 0.429. The molecule has 0 radical (unpaired) electrons. The molecule has 1 atom stereocenters. The molecule has 2 aromatic carbocycles. The monoisotopic (exact) mass is 341 g/mol. The minimum Gasteiger partial charge on any atom is -0.491 e. The van der Waals surface area contributed by atoms with Crippen LogP contribution >= 0.6 is 0 Å². The van der Waals surface area contributed by atoms with Crippen molar-refractivity contribution < 1.29 is 14.2 Å². The van der Waals surface area contributed by atoms with Gasteiger partial charge >= 0.3 is 0 Å². The molecular formula is C21H27NO3. The maximum Gasteiger partial charge on any atom is 0.121 e. The molecule has 0 bridgehead atoms. The normalized spacial score (nSPS) is 16.8. The highest BCUT2D eigenvalue weighted by Crippen LogP contribution is 2.21. The maximum absolute atomic E-state index is 5.85. The summed E-state index contributed by atoms with van der Waals surface area (Å²) in [6.45, 7) is 6.31. The summed E-state index contributed by atoms with van der Waals surface area (Å²) in [5.41, 5.74) is 2.26. The number of benzene rings is 2. The van der Waals surface area contributed by atoms with Crippen molar-refractivity contribution in [2.45, 2.75) is 45.4 Å². The summed E-state index contributed by atoms with van der Waals surface area (Å²) >= 11 is 0. The zero-order chi connectivity index (χ0) is 17.5. The van der Waals surface area contributed by atoms with Crippen LogP contribution in [0.2, 0.25) is 0 Å². The Hall–Kier alpha value is -2.20. The molecule has 134 valence electrons. The molecule has 0 aliphatic carbocycles. The van der Waals surface area contributed by atoms with E-state index in [0.717, 1.165) is 43.2 Å². The van der Waals surface area contributed by atoms with E-state index in [9.17, 15) is 0 Å². The second-order valence-electron chi connectivity index (χ2n) is 6.64. The molecule has 0 saturated carbocycles. The predicted molar refractivity (Wildman–Crippen MR) is 100 cm³/mol. The van der Waals surface area contributed by atoms with Gasteiger partial charge in [0, 0.05) is 24.9 Å². The van der Waals surface area contributed by atoms with Crippen LogP contribution in [0.25, 0.3) is 0 Å². The first-order valence-electron chi connectivity index (χ1n) is 9.03. The number of rotatable bonds is 8. The van der Waals surface area contributed by atoms with Crippen LogP contribution in [0, 0.1) is 0 Å². The SMILES string of the molecule is CC(C)Oc1ccc(CNc2cccc(OCC3CCCO3)c2)cc1. The zero-order valence-electron chi connectivity index (χ0n) is 15.0. The average molecular weight is 341 g/mol. The van der Waals surface area contributed by atoms with Gasteiger partial charge in [0.2, 0.25) is 0 Å². The van der Waals surface area contributed by atoms with Gasteiger partial charge in [0.15, 0.2) is 0 Å². The van der Waals surface area contributed by atoms with Gasteiger partial charge in [0.05, 0.1) is 12.2 Å². The Morgan fingerprint density at radius 1 is 1.12 bits per heavy atom. The van der Waals surface area contributed by atoms with Gasteiger partial charge in [-0.1, -0.05) is 18.2 Å². The van der Waals surface area contributed by atoms with Gasteiger partial charge < -0.3 is 19.5 Å². The van der Waals surface area contributed by atoms with Gasteiger partial charge in [-0.3, -0.25) is 0 Å². The quantitative estimate of drug-likeness (QED) is 0.759. The number of hydrogen-bond acceptors (Lipinski definition) is 4. The third-order valence-electron chi connectivity index (χ3n) is 4.09. The highest BCUT2D eigenvalue weighted by Gasteiger charge is 2.15. The van der Waals surface area contributed by atoms with Crippen molar-refractivity contribution in [1.29, 1.82) is 0 Å². The third-order valence-corrected chi connectivity index (χ3v) is 4.09. The standard InChI is InChI=1S/C21H27NO3/c1-16(2)25-19-10-8-17(9-11-19)14-22-18-5-3-6-20(13-18)24-15-21-7-4-12-23-21/h3,5-6,8-11,13,16,21-22H,4,7,12,14-15H2,1-2H3. The minimum absolute atomic E-state index is 0.196. The lowest BCUT2D eigenvalue weighted by Gasteiger charge is -2.13. The molecule has 1 aliphatic rings. The van der Waals surface area contributed by atoms with Crippen LogP contribution in [0.1, 0.15) is 32.3 Å². The molecule has 4 heteroatoms. The molecule has 4 nitrogen and oxygen atoms in total. The summed E-state index contributed by atoms with van der Waals surface area (Å²) in [6.07, 6.45) is 2.66. The van der Waals surface area contributed by atoms with Crippen molar-refractivity contribution in [2.75, 3.05) is 18.5 Å². The molecule has 2 aromatic rings. The van der Waals surface area contributed by atoms with Crippen molar-refractivity contribution >= 4 is 5.69 Å². The lowest BCUT2D eigenvalue weighted by molar-refractivity contribution is 0.0680. The van der Waals surface area contributed by atoms with Crippen LogP contribution in [0.3, 0.4) is 0 Å². The van der Waals surface area contributed by atoms with E-state index in [4.69, 9.17) is 14.2 Å². The molecule has 0 aromatic heterocycles. The Morgan fingerprint density at radius 2 is 1.96 bits per heavy atom. The Balaban J connectivity index is 1.49. The number of nitrogens with one attached hydrogen (secondary N) is 1. The second-order valence-corrected chi connectivity index (χ2v) is 6.64. The molecule has 1 N–H and O–H groups in total. The molecule has 25 heavy (non-hydrogen) atoms. The fourth-order valence-electron chi connectivity index (χ4n) is 2.82. The third kappa shape index (κ3) is 5.68. The highest BCUT2D eigenvalue weighted by atomic mass is 16.5. The van der Waals surface area contributed by atoms with Crippen molar-refractivity contribution in [3.05, 3.63) is 54.1 Å². The van der Waals surface area contributed by atoms with Crippen LogP contribution < -0.4 is 14.8 Å². The van der Waals surface area contributed by atoms with E-state index < -0.39 is 0 Å². The van der Waals surface area contributed by atoms with Gasteiger partial charge in [-0.15, -0.1) is 0 Å². The van der Waals surface area contributed by atoms with Crippen LogP contribution in [0.4, 0.5) is 5.69 Å². The first-order valence-corrected chi connectivity index (χ1v) is 9.03. The Kier molecular flexibility index (Phi) is 6.18. The molecule has 0 spiro atoms. The number of hydrogen-bond donors (Lipinski definition) is 1. The predicted octanol–water partition coefficient (Wildman–Crippen LogP) is 4.64. The summed E-state index contributed by atoms with van der Waals surface area (Å²) in [7, 11) is 0. The van der Waals surface area contributed by atoms with E-state index in [1.54, 1.807) is 0 Å². The van der Waals surface area contributed by atoms with E-state index in [1.165, 1.54) is 5.56 Å². The lowest BCUT2D eigenvalue weighted by Crippen LogP contribution is -2.16. The fourth-order valence-corrected chi connectivity index (χ4v) is 2.82. The minimum atomic E-state index is 0.196. The molecule has 0 amide bonds. The molecule has 1 saturated heterocycles. The van der Waals surface area contributed by atoms with E-state index >= 15 is 0 Å². The summed E-state index contributed by atoms with van der Waals surface area (Å²) in [5, 5.41) is 3.44. The van der Waals surface area contributed by atoms with Crippen molar-refractivity contribution in [1.82, 2.24) is 0 Å². The Morgan fingerprint density at radius 3 is 2.68 bits per heavy atom. The molecule has 1 heterocycles. The van der Waals surface area contributed by atoms with Crippen molar-refractivity contribution in [2.24, 2.45) is 0 Å². The zero-order valence-corrected chi connectivity index (χ0v) is 15.0. The molecule has 1 fully saturated rings. The smallest absolute Gasteiger partial charge is 0.121 e. The van der Waals surface area contributed by atoms with Gasteiger partial charge in [-0.05, 0) is 56.5 Å². The Labute approximate surface area is 150 Å². The molecule has 1 unspecified atom stereocenters. The van der Waals surface area contributed by atoms with E-state index in [0.29, 0.717) is 6.61 Å². The Bertz CT molecular complexity index is 648. The lowest BCUT2D eigenvalue weighted by atomic mass is 10.2. The first kappa shape index (κ1) is 17.6. The van der Waals surface area contributed by atoms with Crippen molar-refractivity contribution in [3.8, 4) is 11.5 Å². The van der Waals surface area contributed by atoms with Crippen LogP contribution in [0.5, 0.6) is 11.5 Å². The molecule has 1 aliphatic heterocycles. The van der Waals surface area contributed by atoms with E-state index in [2.05, 4.69) is 23.5 Å². The summed E-state index contributed by atoms with van der Waals surface area (Å²) in [5.74, 6) is 1.78. The topological polar surface area (TPSA) is 39.7 Å². The summed E-state index contributed by atoms with van der Waals surface area (Å²) in [4.78, 5) is 0. The highest BCUT2D eigenvalue weighted by molar-refractivity contribution is 5.48. The molecule has 3 rings (SSSR count). The summed E-state index contributed by atoms with van der Waals surface area (Å²) < 4.78 is 17.1. The molecular weight excluding hydrogens is 314 g/mol. The van der Waals surface area contributed by atoms with E-state index in [-0.39, 0.29) is 12.2 Å². The maximum atomic E-state index is 5.85. The van der Waals surface area contributed by atoms with Gasteiger partial charge in [-0.2, -0.15) is 0 Å². The van der Waals surface area contributed by atoms with Crippen LogP contribution in [0.15, 0.2) is 48.5 Å². The van der Waals surface area contributed by atoms with Gasteiger partial charge in [-0.25, -0.2) is 0 Å². The summed E-state index contributed by atoms with van der Waals surface area (Å²) in [6, 6.07) is 16.3. The van der Waals surface area contributed by atoms with Gasteiger partial charge in [0.1, 0.15) is 18.1 Å². The number of anilines is 1. The first-order chi connectivity index (χ1) is 12.2. The average Bonchev–Trinajstić information content (AvgIpc) is 3.13. The van der Waals surface area contributed by atoms with Crippen LogP contribution in [-0.2, 0) is 11.3 Å². The van der Waals surface area contributed by atoms with E-state index in [1.807, 2.05) is 44.2 Å².